The molecule has 0 saturated carbocycles. The van der Waals surface area contributed by atoms with Gasteiger partial charge in [-0.15, -0.1) is 0 Å². The molecule has 3 N–H and O–H groups in total. The Labute approximate surface area is 181 Å². The van der Waals surface area contributed by atoms with Crippen LogP contribution in [0.5, 0.6) is 0 Å². The van der Waals surface area contributed by atoms with E-state index in [0.717, 1.165) is 44.3 Å². The molecule has 2 amide bonds. The summed E-state index contributed by atoms with van der Waals surface area (Å²) < 4.78 is 0. The molecular formula is C22H27ClN4O3. The topological polar surface area (TPSA) is 90.1 Å². The number of hydrogen-bond acceptors (Lipinski definition) is 4. The number of rotatable bonds is 8. The van der Waals surface area contributed by atoms with E-state index in [2.05, 4.69) is 21.9 Å². The van der Waals surface area contributed by atoms with E-state index >= 15 is 0 Å². The summed E-state index contributed by atoms with van der Waals surface area (Å²) in [7, 11) is 0. The van der Waals surface area contributed by atoms with Crippen LogP contribution in [0.15, 0.2) is 48.5 Å². The van der Waals surface area contributed by atoms with Gasteiger partial charge in [-0.1, -0.05) is 35.9 Å². The maximum Gasteiger partial charge on any atom is 0.337 e. The van der Waals surface area contributed by atoms with E-state index in [1.807, 2.05) is 12.1 Å². The largest absolute Gasteiger partial charge is 0.478 e. The highest BCUT2D eigenvalue weighted by molar-refractivity contribution is 6.30. The molecule has 7 nitrogen and oxygen atoms in total. The maximum absolute atomic E-state index is 11.9. The minimum atomic E-state index is -1.08. The van der Waals surface area contributed by atoms with Gasteiger partial charge in [0.25, 0.3) is 0 Å². The molecule has 0 aliphatic carbocycles. The first-order chi connectivity index (χ1) is 14.4. The van der Waals surface area contributed by atoms with Crippen molar-refractivity contribution in [1.29, 1.82) is 0 Å². The van der Waals surface area contributed by atoms with Crippen molar-refractivity contribution in [1.82, 2.24) is 9.80 Å². The molecule has 1 aliphatic heterocycles. The van der Waals surface area contributed by atoms with Gasteiger partial charge in [0.15, 0.2) is 0 Å². The SMILES string of the molecule is NC(=O)N(CCCN1CCN(Cc2ccc(Cl)cc2)CC1)c1ccccc1C(=O)O. The van der Waals surface area contributed by atoms with E-state index in [0.29, 0.717) is 18.7 Å². The Morgan fingerprint density at radius 2 is 1.63 bits per heavy atom. The van der Waals surface area contributed by atoms with E-state index in [-0.39, 0.29) is 5.56 Å². The van der Waals surface area contributed by atoms with Gasteiger partial charge in [-0.3, -0.25) is 9.80 Å². The van der Waals surface area contributed by atoms with Crippen LogP contribution in [-0.2, 0) is 6.54 Å². The third-order valence-corrected chi connectivity index (χ3v) is 5.58. The highest BCUT2D eigenvalue weighted by Gasteiger charge is 2.21. The first kappa shape index (κ1) is 22.1. The van der Waals surface area contributed by atoms with Gasteiger partial charge in [-0.2, -0.15) is 0 Å². The molecule has 160 valence electrons. The minimum Gasteiger partial charge on any atom is -0.478 e. The van der Waals surface area contributed by atoms with Crippen molar-refractivity contribution in [3.05, 3.63) is 64.7 Å². The summed E-state index contributed by atoms with van der Waals surface area (Å²) in [4.78, 5) is 29.5. The first-order valence-corrected chi connectivity index (χ1v) is 10.4. The number of nitrogens with two attached hydrogens (primary N) is 1. The standard InChI is InChI=1S/C22H27ClN4O3/c23-18-8-6-17(7-9-18)16-26-14-12-25(13-15-26)10-3-11-27(22(24)30)20-5-2-1-4-19(20)21(28)29/h1-2,4-9H,3,10-16H2,(H2,24,30)(H,28,29). The summed E-state index contributed by atoms with van der Waals surface area (Å²) in [6.07, 6.45) is 0.716. The first-order valence-electron chi connectivity index (χ1n) is 10.0. The summed E-state index contributed by atoms with van der Waals surface area (Å²) in [6, 6.07) is 13.7. The Bertz CT molecular complexity index is 867. The molecular weight excluding hydrogens is 404 g/mol. The summed E-state index contributed by atoms with van der Waals surface area (Å²) in [5, 5.41) is 10.1. The van der Waals surface area contributed by atoms with E-state index < -0.39 is 12.0 Å². The van der Waals surface area contributed by atoms with Gasteiger partial charge in [-0.25, -0.2) is 9.59 Å². The molecule has 0 atom stereocenters. The van der Waals surface area contributed by atoms with Gasteiger partial charge in [0.1, 0.15) is 0 Å². The molecule has 0 aromatic heterocycles. The average Bonchev–Trinajstić information content (AvgIpc) is 2.74. The second kappa shape index (κ2) is 10.4. The fourth-order valence-corrected chi connectivity index (χ4v) is 3.84. The maximum atomic E-state index is 11.9. The second-order valence-electron chi connectivity index (χ2n) is 7.41. The fourth-order valence-electron chi connectivity index (χ4n) is 3.71. The molecule has 1 fully saturated rings. The number of carboxylic acids is 1. The molecule has 1 aliphatic rings. The van der Waals surface area contributed by atoms with Crippen molar-refractivity contribution in [3.63, 3.8) is 0 Å². The molecule has 0 unspecified atom stereocenters. The second-order valence-corrected chi connectivity index (χ2v) is 7.85. The normalized spacial score (nSPS) is 15.1. The number of aromatic carboxylic acids is 1. The van der Waals surface area contributed by atoms with Crippen molar-refractivity contribution in [3.8, 4) is 0 Å². The molecule has 30 heavy (non-hydrogen) atoms. The number of hydrogen-bond donors (Lipinski definition) is 2. The lowest BCUT2D eigenvalue weighted by atomic mass is 10.1. The number of carboxylic acid groups (broad SMARTS) is 1. The smallest absolute Gasteiger partial charge is 0.337 e. The summed E-state index contributed by atoms with van der Waals surface area (Å²) >= 11 is 5.95. The Morgan fingerprint density at radius 3 is 2.27 bits per heavy atom. The lowest BCUT2D eigenvalue weighted by Crippen LogP contribution is -2.47. The highest BCUT2D eigenvalue weighted by Crippen LogP contribution is 2.21. The van der Waals surface area contributed by atoms with E-state index in [1.165, 1.54) is 16.5 Å². The minimum absolute atomic E-state index is 0.0760. The molecule has 2 aromatic carbocycles. The van der Waals surface area contributed by atoms with Gasteiger partial charge in [0, 0.05) is 44.3 Å². The van der Waals surface area contributed by atoms with Crippen LogP contribution in [0.2, 0.25) is 5.02 Å². The molecule has 8 heteroatoms. The molecule has 1 saturated heterocycles. The van der Waals surface area contributed by atoms with Gasteiger partial charge < -0.3 is 15.7 Å². The molecule has 3 rings (SSSR count). The van der Waals surface area contributed by atoms with Crippen LogP contribution in [0.4, 0.5) is 10.5 Å². The van der Waals surface area contributed by atoms with Crippen molar-refractivity contribution in [2.75, 3.05) is 44.2 Å². The van der Waals surface area contributed by atoms with Crippen molar-refractivity contribution in [2.24, 2.45) is 5.73 Å². The monoisotopic (exact) mass is 430 g/mol. The van der Waals surface area contributed by atoms with Crippen LogP contribution in [0.1, 0.15) is 22.3 Å². The number of benzene rings is 2. The number of urea groups is 1. The third-order valence-electron chi connectivity index (χ3n) is 5.33. The number of anilines is 1. The zero-order valence-electron chi connectivity index (χ0n) is 16.8. The molecule has 0 radical (unpaired) electrons. The highest BCUT2D eigenvalue weighted by atomic mass is 35.5. The van der Waals surface area contributed by atoms with Gasteiger partial charge in [0.05, 0.1) is 11.3 Å². The Balaban J connectivity index is 1.47. The summed E-state index contributed by atoms with van der Waals surface area (Å²) in [6.45, 7) is 5.98. The quantitative estimate of drug-likeness (QED) is 0.671. The van der Waals surface area contributed by atoms with Crippen LogP contribution in [0.3, 0.4) is 0 Å². The van der Waals surface area contributed by atoms with Crippen molar-refractivity contribution in [2.45, 2.75) is 13.0 Å². The number of piperazine rings is 1. The van der Waals surface area contributed by atoms with Gasteiger partial charge >= 0.3 is 12.0 Å². The lowest BCUT2D eigenvalue weighted by Gasteiger charge is -2.35. The number of amides is 2. The van der Waals surface area contributed by atoms with Crippen LogP contribution in [0.25, 0.3) is 0 Å². The van der Waals surface area contributed by atoms with E-state index in [1.54, 1.807) is 18.2 Å². The average molecular weight is 431 g/mol. The molecule has 1 heterocycles. The number of primary amides is 1. The lowest BCUT2D eigenvalue weighted by molar-refractivity contribution is 0.0697. The van der Waals surface area contributed by atoms with Crippen LogP contribution in [0, 0.1) is 0 Å². The molecule has 0 bridgehead atoms. The zero-order valence-corrected chi connectivity index (χ0v) is 17.6. The van der Waals surface area contributed by atoms with Crippen molar-refractivity contribution >= 4 is 29.3 Å². The summed E-state index contributed by atoms with van der Waals surface area (Å²) in [5.41, 5.74) is 7.19. The van der Waals surface area contributed by atoms with Crippen LogP contribution in [-0.4, -0.2) is 66.2 Å². The fraction of sp³-hybridized carbons (Fsp3) is 0.364. The Kier molecular flexibility index (Phi) is 7.68. The Morgan fingerprint density at radius 1 is 1.00 bits per heavy atom. The summed E-state index contributed by atoms with van der Waals surface area (Å²) in [5.74, 6) is -1.08. The Hall–Kier alpha value is -2.61. The predicted octanol–water partition coefficient (Wildman–Crippen LogP) is 3.13. The van der Waals surface area contributed by atoms with Crippen LogP contribution >= 0.6 is 11.6 Å². The van der Waals surface area contributed by atoms with Gasteiger partial charge in [-0.05, 0) is 42.8 Å². The van der Waals surface area contributed by atoms with Crippen molar-refractivity contribution < 1.29 is 14.7 Å². The van der Waals surface area contributed by atoms with E-state index in [9.17, 15) is 14.7 Å². The number of para-hydroxylation sites is 1. The number of carbonyl (C=O) groups is 2. The number of nitrogens with zero attached hydrogens (tertiary/aromatic N) is 3. The molecule has 2 aromatic rings. The number of carbonyl (C=O) groups excluding carboxylic acids is 1. The van der Waals surface area contributed by atoms with Crippen LogP contribution < -0.4 is 10.6 Å². The predicted molar refractivity (Wildman–Crippen MR) is 118 cm³/mol. The third kappa shape index (κ3) is 5.95. The molecule has 0 spiro atoms. The zero-order chi connectivity index (χ0) is 21.5. The van der Waals surface area contributed by atoms with Gasteiger partial charge in [0.2, 0.25) is 0 Å². The number of halogens is 1. The van der Waals surface area contributed by atoms with E-state index in [4.69, 9.17) is 17.3 Å².